The standard InChI is InChI=1S/C17H19N3S/c1-11-12(2)21-17-15(11)16(20(3)4)18-14(19-17)10-13-8-6-5-7-9-13/h5-9H,10H2,1-4H3. The second-order valence-electron chi connectivity index (χ2n) is 5.48. The summed E-state index contributed by atoms with van der Waals surface area (Å²) in [5, 5.41) is 1.19. The highest BCUT2D eigenvalue weighted by molar-refractivity contribution is 7.18. The van der Waals surface area contributed by atoms with E-state index in [0.717, 1.165) is 22.9 Å². The van der Waals surface area contributed by atoms with Gasteiger partial charge < -0.3 is 4.90 Å². The fourth-order valence-corrected chi connectivity index (χ4v) is 3.50. The van der Waals surface area contributed by atoms with Crippen molar-refractivity contribution in [1.82, 2.24) is 9.97 Å². The molecule has 0 aliphatic rings. The maximum absolute atomic E-state index is 4.79. The van der Waals surface area contributed by atoms with Crippen LogP contribution < -0.4 is 4.90 Å². The van der Waals surface area contributed by atoms with Crippen LogP contribution >= 0.6 is 11.3 Å². The van der Waals surface area contributed by atoms with Crippen LogP contribution in [0.3, 0.4) is 0 Å². The van der Waals surface area contributed by atoms with Crippen LogP contribution in [0.25, 0.3) is 10.2 Å². The SMILES string of the molecule is Cc1sc2nc(Cc3ccccc3)nc(N(C)C)c2c1C. The molecule has 0 bridgehead atoms. The van der Waals surface area contributed by atoms with Crippen LogP contribution in [0.1, 0.15) is 21.8 Å². The highest BCUT2D eigenvalue weighted by Crippen LogP contribution is 2.34. The Morgan fingerprint density at radius 2 is 1.76 bits per heavy atom. The summed E-state index contributed by atoms with van der Waals surface area (Å²) in [4.78, 5) is 14.1. The van der Waals surface area contributed by atoms with Crippen molar-refractivity contribution < 1.29 is 0 Å². The molecule has 0 spiro atoms. The molecular weight excluding hydrogens is 278 g/mol. The molecule has 0 aliphatic carbocycles. The number of hydrogen-bond donors (Lipinski definition) is 0. The summed E-state index contributed by atoms with van der Waals surface area (Å²) in [6, 6.07) is 10.4. The van der Waals surface area contributed by atoms with Crippen molar-refractivity contribution in [1.29, 1.82) is 0 Å². The zero-order chi connectivity index (χ0) is 15.0. The number of aromatic nitrogens is 2. The molecule has 2 aromatic heterocycles. The summed E-state index contributed by atoms with van der Waals surface area (Å²) >= 11 is 1.76. The highest BCUT2D eigenvalue weighted by Gasteiger charge is 2.15. The van der Waals surface area contributed by atoms with E-state index in [9.17, 15) is 0 Å². The molecule has 4 heteroatoms. The van der Waals surface area contributed by atoms with E-state index >= 15 is 0 Å². The normalized spacial score (nSPS) is 11.0. The zero-order valence-electron chi connectivity index (χ0n) is 12.8. The van der Waals surface area contributed by atoms with E-state index in [1.807, 2.05) is 20.2 Å². The lowest BCUT2D eigenvalue weighted by atomic mass is 10.1. The van der Waals surface area contributed by atoms with Crippen LogP contribution in [0.2, 0.25) is 0 Å². The largest absolute Gasteiger partial charge is 0.362 e. The maximum atomic E-state index is 4.79. The Kier molecular flexibility index (Phi) is 3.64. The van der Waals surface area contributed by atoms with Crippen LogP contribution in [-0.4, -0.2) is 24.1 Å². The number of hydrogen-bond acceptors (Lipinski definition) is 4. The summed E-state index contributed by atoms with van der Waals surface area (Å²) in [5.41, 5.74) is 2.54. The van der Waals surface area contributed by atoms with Crippen molar-refractivity contribution in [2.75, 3.05) is 19.0 Å². The van der Waals surface area contributed by atoms with E-state index in [1.165, 1.54) is 21.4 Å². The number of thiophene rings is 1. The molecule has 2 heterocycles. The topological polar surface area (TPSA) is 29.0 Å². The average Bonchev–Trinajstić information content (AvgIpc) is 2.74. The molecule has 3 nitrogen and oxygen atoms in total. The van der Waals surface area contributed by atoms with Crippen LogP contribution in [0.15, 0.2) is 30.3 Å². The summed E-state index contributed by atoms with van der Waals surface area (Å²) in [6.07, 6.45) is 0.771. The number of fused-ring (bicyclic) bond motifs is 1. The van der Waals surface area contributed by atoms with E-state index in [4.69, 9.17) is 9.97 Å². The minimum Gasteiger partial charge on any atom is -0.362 e. The van der Waals surface area contributed by atoms with E-state index in [0.29, 0.717) is 0 Å². The first-order valence-electron chi connectivity index (χ1n) is 7.04. The van der Waals surface area contributed by atoms with E-state index in [-0.39, 0.29) is 0 Å². The van der Waals surface area contributed by atoms with Gasteiger partial charge in [-0.1, -0.05) is 30.3 Å². The first kappa shape index (κ1) is 14.0. The lowest BCUT2D eigenvalue weighted by molar-refractivity contribution is 0.963. The predicted molar refractivity (Wildman–Crippen MR) is 90.5 cm³/mol. The first-order valence-corrected chi connectivity index (χ1v) is 7.85. The van der Waals surface area contributed by atoms with Crippen molar-refractivity contribution in [2.45, 2.75) is 20.3 Å². The van der Waals surface area contributed by atoms with Crippen LogP contribution in [0.4, 0.5) is 5.82 Å². The fraction of sp³-hybridized carbons (Fsp3) is 0.294. The molecule has 0 radical (unpaired) electrons. The summed E-state index contributed by atoms with van der Waals surface area (Å²) in [6.45, 7) is 4.30. The van der Waals surface area contributed by atoms with Gasteiger partial charge in [-0.25, -0.2) is 9.97 Å². The second kappa shape index (κ2) is 5.45. The smallest absolute Gasteiger partial charge is 0.140 e. The Bertz CT molecular complexity index is 776. The Morgan fingerprint density at radius 3 is 2.43 bits per heavy atom. The third-order valence-corrected chi connectivity index (χ3v) is 4.79. The summed E-state index contributed by atoms with van der Waals surface area (Å²) in [7, 11) is 4.08. The first-order chi connectivity index (χ1) is 10.1. The lowest BCUT2D eigenvalue weighted by Gasteiger charge is -2.14. The van der Waals surface area contributed by atoms with Gasteiger partial charge in [-0.05, 0) is 25.0 Å². The molecule has 1 aromatic carbocycles. The van der Waals surface area contributed by atoms with Gasteiger partial charge in [-0.15, -0.1) is 11.3 Å². The predicted octanol–water partition coefficient (Wildman–Crippen LogP) is 3.96. The van der Waals surface area contributed by atoms with E-state index in [2.05, 4.69) is 43.0 Å². The highest BCUT2D eigenvalue weighted by atomic mass is 32.1. The van der Waals surface area contributed by atoms with Crippen LogP contribution in [0, 0.1) is 13.8 Å². The molecule has 0 atom stereocenters. The Morgan fingerprint density at radius 1 is 1.05 bits per heavy atom. The average molecular weight is 297 g/mol. The molecule has 0 unspecified atom stereocenters. The molecule has 108 valence electrons. The number of rotatable bonds is 3. The third-order valence-electron chi connectivity index (χ3n) is 3.68. The monoisotopic (exact) mass is 297 g/mol. The maximum Gasteiger partial charge on any atom is 0.140 e. The Balaban J connectivity index is 2.13. The second-order valence-corrected chi connectivity index (χ2v) is 6.69. The van der Waals surface area contributed by atoms with Crippen molar-refractivity contribution in [3.8, 4) is 0 Å². The van der Waals surface area contributed by atoms with Gasteiger partial charge in [-0.3, -0.25) is 0 Å². The minimum absolute atomic E-state index is 0.771. The van der Waals surface area contributed by atoms with Gasteiger partial charge in [0.25, 0.3) is 0 Å². The third kappa shape index (κ3) is 2.63. The van der Waals surface area contributed by atoms with Crippen LogP contribution in [0.5, 0.6) is 0 Å². The van der Waals surface area contributed by atoms with Gasteiger partial charge in [0.15, 0.2) is 0 Å². The molecule has 0 N–H and O–H groups in total. The van der Waals surface area contributed by atoms with E-state index < -0.39 is 0 Å². The fourth-order valence-electron chi connectivity index (χ4n) is 2.45. The number of benzene rings is 1. The van der Waals surface area contributed by atoms with Crippen molar-refractivity contribution >= 4 is 27.4 Å². The molecule has 0 saturated carbocycles. The van der Waals surface area contributed by atoms with Gasteiger partial charge >= 0.3 is 0 Å². The Hall–Kier alpha value is -1.94. The van der Waals surface area contributed by atoms with Crippen molar-refractivity contribution in [3.05, 3.63) is 52.2 Å². The molecule has 3 aromatic rings. The molecular formula is C17H19N3S. The Labute approximate surface area is 129 Å². The zero-order valence-corrected chi connectivity index (χ0v) is 13.7. The lowest BCUT2D eigenvalue weighted by Crippen LogP contribution is -2.13. The molecule has 21 heavy (non-hydrogen) atoms. The van der Waals surface area contributed by atoms with Gasteiger partial charge in [0.2, 0.25) is 0 Å². The minimum atomic E-state index is 0.771. The van der Waals surface area contributed by atoms with Crippen LogP contribution in [-0.2, 0) is 6.42 Å². The van der Waals surface area contributed by atoms with Crippen molar-refractivity contribution in [3.63, 3.8) is 0 Å². The van der Waals surface area contributed by atoms with Gasteiger partial charge in [0.1, 0.15) is 16.5 Å². The quantitative estimate of drug-likeness (QED) is 0.732. The van der Waals surface area contributed by atoms with Gasteiger partial charge in [-0.2, -0.15) is 0 Å². The van der Waals surface area contributed by atoms with Crippen molar-refractivity contribution in [2.24, 2.45) is 0 Å². The molecule has 0 aliphatic heterocycles. The number of nitrogens with zero attached hydrogens (tertiary/aromatic N) is 3. The molecule has 0 amide bonds. The summed E-state index contributed by atoms with van der Waals surface area (Å²) in [5.74, 6) is 1.91. The van der Waals surface area contributed by atoms with E-state index in [1.54, 1.807) is 11.3 Å². The molecule has 3 rings (SSSR count). The number of anilines is 1. The van der Waals surface area contributed by atoms with Gasteiger partial charge in [0, 0.05) is 25.4 Å². The molecule has 0 saturated heterocycles. The molecule has 0 fully saturated rings. The van der Waals surface area contributed by atoms with Gasteiger partial charge in [0.05, 0.1) is 5.39 Å². The number of aryl methyl sites for hydroxylation is 2. The summed E-state index contributed by atoms with van der Waals surface area (Å²) < 4.78 is 0.